The van der Waals surface area contributed by atoms with Crippen molar-refractivity contribution in [1.82, 2.24) is 4.40 Å². The molecule has 4 heteroatoms. The van der Waals surface area contributed by atoms with Gasteiger partial charge >= 0.3 is 0 Å². The van der Waals surface area contributed by atoms with Crippen LogP contribution >= 0.6 is 11.3 Å². The van der Waals surface area contributed by atoms with E-state index in [-0.39, 0.29) is 12.0 Å². The summed E-state index contributed by atoms with van der Waals surface area (Å²) in [5.74, 6) is 0.248. The molecule has 1 aliphatic rings. The molecule has 0 spiro atoms. The van der Waals surface area contributed by atoms with E-state index in [1.165, 1.54) is 97.5 Å². The van der Waals surface area contributed by atoms with Crippen molar-refractivity contribution in [3.63, 3.8) is 0 Å². The number of rotatable bonds is 5. The normalized spacial score (nSPS) is 15.7. The van der Waals surface area contributed by atoms with Gasteiger partial charge in [-0.1, -0.05) is 67.2 Å². The Morgan fingerprint density at radius 3 is 2.38 bits per heavy atom. The zero-order chi connectivity index (χ0) is 34.7. The molecular formula is C48H37N3S+2. The molecule has 3 nitrogen and oxygen atoms in total. The summed E-state index contributed by atoms with van der Waals surface area (Å²) in [6, 6.07) is 45.7. The Morgan fingerprint density at radius 1 is 0.712 bits per heavy atom. The SMILES string of the molecule is C=CC1C(CCc2ccccc2-c2cccc[n+]2C)c2cc3c(cc2-c2ccc(C)c[n+]21)c1cccc2c4ccc5sc6ccccc6c5c4n3c12. The summed E-state index contributed by atoms with van der Waals surface area (Å²) >= 11 is 1.90. The van der Waals surface area contributed by atoms with Gasteiger partial charge in [0.15, 0.2) is 18.4 Å². The molecule has 11 rings (SSSR count). The van der Waals surface area contributed by atoms with Crippen LogP contribution in [0.25, 0.3) is 80.8 Å². The molecule has 5 aromatic carbocycles. The lowest BCUT2D eigenvalue weighted by molar-refractivity contribution is -0.707. The van der Waals surface area contributed by atoms with Crippen LogP contribution in [0.2, 0.25) is 0 Å². The second-order valence-electron chi connectivity index (χ2n) is 14.7. The Morgan fingerprint density at radius 2 is 1.50 bits per heavy atom. The number of aryl methyl sites for hydroxylation is 3. The maximum absolute atomic E-state index is 4.47. The van der Waals surface area contributed by atoms with E-state index >= 15 is 0 Å². The first-order valence-electron chi connectivity index (χ1n) is 18.3. The Kier molecular flexibility index (Phi) is 6.36. The van der Waals surface area contributed by atoms with Gasteiger partial charge in [-0.3, -0.25) is 0 Å². The first-order valence-corrected chi connectivity index (χ1v) is 19.1. The van der Waals surface area contributed by atoms with Gasteiger partial charge in [0, 0.05) is 71.0 Å². The van der Waals surface area contributed by atoms with E-state index in [1.54, 1.807) is 0 Å². The standard InChI is InChI=1S/C48H37N3S/c1-4-40-32(21-20-30-12-5-6-13-31(30)41-17-9-10-25-49(41)3)37-27-43-38(26-39(37)42-23-19-29(2)28-50(40)42)34-16-11-15-33-35-22-24-45-46(48(35)51(43)47(33)34)36-14-7-8-18-44(36)52-45/h4-19,22-28,32,40H,1,20-21H2,2-3H3/q+2. The highest BCUT2D eigenvalue weighted by molar-refractivity contribution is 7.26. The van der Waals surface area contributed by atoms with Crippen LogP contribution in [0.5, 0.6) is 0 Å². The van der Waals surface area contributed by atoms with Gasteiger partial charge < -0.3 is 4.40 Å². The Balaban J connectivity index is 1.18. The van der Waals surface area contributed by atoms with E-state index in [2.05, 4.69) is 174 Å². The molecule has 0 aliphatic carbocycles. The van der Waals surface area contributed by atoms with Gasteiger partial charge in [0.25, 0.3) is 0 Å². The summed E-state index contributed by atoms with van der Waals surface area (Å²) in [5, 5.41) is 8.02. The van der Waals surface area contributed by atoms with E-state index in [1.807, 2.05) is 11.3 Å². The van der Waals surface area contributed by atoms with Crippen molar-refractivity contribution in [3.05, 3.63) is 163 Å². The molecule has 1 aliphatic heterocycles. The van der Waals surface area contributed by atoms with E-state index in [0.717, 1.165) is 12.8 Å². The van der Waals surface area contributed by atoms with E-state index in [0.29, 0.717) is 0 Å². The van der Waals surface area contributed by atoms with Crippen LogP contribution < -0.4 is 9.13 Å². The number of nitrogens with zero attached hydrogens (tertiary/aromatic N) is 3. The molecule has 0 saturated heterocycles. The van der Waals surface area contributed by atoms with Crippen LogP contribution in [-0.4, -0.2) is 4.40 Å². The lowest BCUT2D eigenvalue weighted by Crippen LogP contribution is -2.46. The number of allylic oxidation sites excluding steroid dienone is 1. The predicted molar refractivity (Wildman–Crippen MR) is 218 cm³/mol. The van der Waals surface area contributed by atoms with Crippen LogP contribution in [0.4, 0.5) is 0 Å². The van der Waals surface area contributed by atoms with E-state index < -0.39 is 0 Å². The largest absolute Gasteiger partial charge is 0.307 e. The van der Waals surface area contributed by atoms with Gasteiger partial charge in [-0.25, -0.2) is 4.57 Å². The topological polar surface area (TPSA) is 12.2 Å². The number of hydrogen-bond acceptors (Lipinski definition) is 1. The number of thiophene rings is 1. The average molecular weight is 688 g/mol. The number of hydrogen-bond donors (Lipinski definition) is 0. The van der Waals surface area contributed by atoms with Crippen LogP contribution in [0, 0.1) is 6.92 Å². The molecule has 5 aromatic heterocycles. The molecule has 52 heavy (non-hydrogen) atoms. The maximum Gasteiger partial charge on any atom is 0.213 e. The van der Waals surface area contributed by atoms with E-state index in [9.17, 15) is 0 Å². The molecule has 10 aromatic rings. The minimum Gasteiger partial charge on any atom is -0.307 e. The predicted octanol–water partition coefficient (Wildman–Crippen LogP) is 11.4. The molecule has 0 saturated carbocycles. The molecule has 248 valence electrons. The average Bonchev–Trinajstić information content (AvgIpc) is 3.83. The van der Waals surface area contributed by atoms with Crippen molar-refractivity contribution < 1.29 is 9.13 Å². The highest BCUT2D eigenvalue weighted by Gasteiger charge is 2.39. The summed E-state index contributed by atoms with van der Waals surface area (Å²) < 4.78 is 10.0. The van der Waals surface area contributed by atoms with Crippen molar-refractivity contribution >= 4 is 69.6 Å². The zero-order valence-electron chi connectivity index (χ0n) is 29.3. The second kappa shape index (κ2) is 11.1. The highest BCUT2D eigenvalue weighted by Crippen LogP contribution is 2.49. The number of pyridine rings is 2. The lowest BCUT2D eigenvalue weighted by atomic mass is 9.78. The van der Waals surface area contributed by atoms with Crippen molar-refractivity contribution in [2.24, 2.45) is 7.05 Å². The van der Waals surface area contributed by atoms with Crippen LogP contribution in [0.15, 0.2) is 146 Å². The smallest absolute Gasteiger partial charge is 0.213 e. The molecule has 0 fully saturated rings. The summed E-state index contributed by atoms with van der Waals surface area (Å²) in [6.07, 6.45) is 8.63. The quantitative estimate of drug-likeness (QED) is 0.126. The molecule has 2 atom stereocenters. The summed E-state index contributed by atoms with van der Waals surface area (Å²) in [5.41, 5.74) is 13.2. The van der Waals surface area contributed by atoms with Gasteiger partial charge in [-0.2, -0.15) is 4.57 Å². The van der Waals surface area contributed by atoms with Crippen molar-refractivity contribution in [2.45, 2.75) is 31.7 Å². The zero-order valence-corrected chi connectivity index (χ0v) is 30.1. The first kappa shape index (κ1) is 29.8. The van der Waals surface area contributed by atoms with Gasteiger partial charge in [0.2, 0.25) is 11.4 Å². The van der Waals surface area contributed by atoms with Crippen LogP contribution in [0.3, 0.4) is 0 Å². The summed E-state index contributed by atoms with van der Waals surface area (Å²) in [7, 11) is 2.14. The number of aromatic nitrogens is 3. The molecule has 2 unspecified atom stereocenters. The molecule has 0 bridgehead atoms. The van der Waals surface area contributed by atoms with Crippen LogP contribution in [-0.2, 0) is 13.5 Å². The highest BCUT2D eigenvalue weighted by atomic mass is 32.1. The van der Waals surface area contributed by atoms with Gasteiger partial charge in [-0.15, -0.1) is 11.3 Å². The van der Waals surface area contributed by atoms with E-state index in [4.69, 9.17) is 0 Å². The third-order valence-electron chi connectivity index (χ3n) is 11.8. The first-order chi connectivity index (χ1) is 25.6. The third-order valence-corrected chi connectivity index (χ3v) is 13.0. The van der Waals surface area contributed by atoms with Crippen molar-refractivity contribution in [3.8, 4) is 22.5 Å². The van der Waals surface area contributed by atoms with Crippen molar-refractivity contribution in [2.75, 3.05) is 0 Å². The van der Waals surface area contributed by atoms with Gasteiger partial charge in [-0.05, 0) is 79.4 Å². The van der Waals surface area contributed by atoms with Gasteiger partial charge in [0.05, 0.1) is 28.0 Å². The number of para-hydroxylation sites is 1. The molecule has 0 N–H and O–H groups in total. The molecule has 6 heterocycles. The fourth-order valence-electron chi connectivity index (χ4n) is 9.54. The van der Waals surface area contributed by atoms with Gasteiger partial charge in [0.1, 0.15) is 7.05 Å². The minimum atomic E-state index is 0.137. The third kappa shape index (κ3) is 4.07. The monoisotopic (exact) mass is 687 g/mol. The Bertz CT molecular complexity index is 3090. The fraction of sp³-hybridized carbons (Fsp3) is 0.125. The van der Waals surface area contributed by atoms with Crippen LogP contribution in [0.1, 0.15) is 35.1 Å². The second-order valence-corrected chi connectivity index (χ2v) is 15.7. The summed E-state index contributed by atoms with van der Waals surface area (Å²) in [4.78, 5) is 0. The Labute approximate surface area is 306 Å². The summed E-state index contributed by atoms with van der Waals surface area (Å²) in [6.45, 7) is 6.66. The van der Waals surface area contributed by atoms with Crippen molar-refractivity contribution in [1.29, 1.82) is 0 Å². The molecule has 0 radical (unpaired) electrons. The fourth-order valence-corrected chi connectivity index (χ4v) is 10.7. The molecular weight excluding hydrogens is 651 g/mol. The number of benzene rings is 5. The number of fused-ring (bicyclic) bond motifs is 13. The maximum atomic E-state index is 4.47. The lowest BCUT2D eigenvalue weighted by Gasteiger charge is -2.29. The Hall–Kier alpha value is -5.84. The minimum absolute atomic E-state index is 0.137. The molecule has 0 amide bonds.